The summed E-state index contributed by atoms with van der Waals surface area (Å²) in [5.41, 5.74) is 0.176. The third-order valence-electron chi connectivity index (χ3n) is 0.365. The van der Waals surface area contributed by atoms with Gasteiger partial charge in [-0.15, -0.1) is 0 Å². The van der Waals surface area contributed by atoms with Gasteiger partial charge in [0.1, 0.15) is 5.94 Å². The molecule has 0 aromatic rings. The van der Waals surface area contributed by atoms with Crippen molar-refractivity contribution in [1.29, 1.82) is 0 Å². The standard InChI is InChI=1S/C4H6O2.C2H2O/c1-3(2)4(5)6;1-2-3/h1H2,2H3,(H,5,6);1H2. The van der Waals surface area contributed by atoms with Crippen LogP contribution in [0.15, 0.2) is 18.7 Å². The molecule has 0 atom stereocenters. The summed E-state index contributed by atoms with van der Waals surface area (Å²) in [6, 6.07) is 0. The van der Waals surface area contributed by atoms with E-state index in [0.717, 1.165) is 0 Å². The summed E-state index contributed by atoms with van der Waals surface area (Å²) in [7, 11) is 0. The van der Waals surface area contributed by atoms with E-state index in [1.54, 1.807) is 0 Å². The first-order valence-corrected chi connectivity index (χ1v) is 2.09. The maximum Gasteiger partial charge on any atom is 0.330 e. The van der Waals surface area contributed by atoms with E-state index in [9.17, 15) is 4.79 Å². The molecule has 0 aliphatic rings. The number of rotatable bonds is 1. The molecule has 0 spiro atoms. The Hall–Kier alpha value is -1.34. The average Bonchev–Trinajstić information content (AvgIpc) is 1.68. The molecule has 3 nitrogen and oxygen atoms in total. The van der Waals surface area contributed by atoms with Crippen molar-refractivity contribution in [1.82, 2.24) is 0 Å². The molecule has 0 rings (SSSR count). The van der Waals surface area contributed by atoms with Gasteiger partial charge in [0.05, 0.1) is 0 Å². The van der Waals surface area contributed by atoms with Crippen molar-refractivity contribution in [3.8, 4) is 0 Å². The Balaban J connectivity index is 0. The van der Waals surface area contributed by atoms with E-state index in [-0.39, 0.29) is 5.57 Å². The molecule has 9 heavy (non-hydrogen) atoms. The summed E-state index contributed by atoms with van der Waals surface area (Å²) in [4.78, 5) is 18.2. The summed E-state index contributed by atoms with van der Waals surface area (Å²) < 4.78 is 0. The molecule has 0 aliphatic heterocycles. The first-order chi connectivity index (χ1) is 4.06. The fraction of sp³-hybridized carbons (Fsp3) is 0.167. The second kappa shape index (κ2) is 6.66. The normalized spacial score (nSPS) is 5.89. The van der Waals surface area contributed by atoms with E-state index in [2.05, 4.69) is 13.2 Å². The van der Waals surface area contributed by atoms with Crippen molar-refractivity contribution >= 4 is 11.9 Å². The van der Waals surface area contributed by atoms with E-state index in [1.165, 1.54) is 12.9 Å². The average molecular weight is 128 g/mol. The monoisotopic (exact) mass is 128 g/mol. The molecule has 0 amide bonds. The number of hydrogen-bond acceptors (Lipinski definition) is 2. The third-order valence-corrected chi connectivity index (χ3v) is 0.365. The zero-order valence-electron chi connectivity index (χ0n) is 5.18. The lowest BCUT2D eigenvalue weighted by Gasteiger charge is -1.79. The lowest BCUT2D eigenvalue weighted by Crippen LogP contribution is -1.92. The molecule has 0 bridgehead atoms. The largest absolute Gasteiger partial charge is 0.478 e. The van der Waals surface area contributed by atoms with Crippen LogP contribution in [0.3, 0.4) is 0 Å². The fourth-order valence-electron chi connectivity index (χ4n) is 0. The van der Waals surface area contributed by atoms with E-state index in [0.29, 0.717) is 0 Å². The predicted molar refractivity (Wildman–Crippen MR) is 33.8 cm³/mol. The summed E-state index contributed by atoms with van der Waals surface area (Å²) in [6.45, 7) is 7.28. The quantitative estimate of drug-likeness (QED) is 0.416. The van der Waals surface area contributed by atoms with Crippen LogP contribution < -0.4 is 0 Å². The van der Waals surface area contributed by atoms with Crippen LogP contribution in [0, 0.1) is 0 Å². The molecular formula is C6H8O3. The molecule has 0 fully saturated rings. The number of carbonyl (C=O) groups is 1. The molecule has 50 valence electrons. The Morgan fingerprint density at radius 2 is 1.78 bits per heavy atom. The molecule has 0 aromatic carbocycles. The van der Waals surface area contributed by atoms with Gasteiger partial charge in [0.15, 0.2) is 0 Å². The molecule has 0 unspecified atom stereocenters. The Morgan fingerprint density at radius 3 is 1.78 bits per heavy atom. The minimum atomic E-state index is -0.935. The van der Waals surface area contributed by atoms with Crippen LogP contribution in [0.5, 0.6) is 0 Å². The van der Waals surface area contributed by atoms with Crippen molar-refractivity contribution in [3.05, 3.63) is 18.7 Å². The van der Waals surface area contributed by atoms with Gasteiger partial charge in [-0.2, -0.15) is 0 Å². The van der Waals surface area contributed by atoms with Crippen molar-refractivity contribution in [3.63, 3.8) is 0 Å². The second-order valence-electron chi connectivity index (χ2n) is 1.23. The van der Waals surface area contributed by atoms with E-state index in [1.807, 2.05) is 0 Å². The molecular weight excluding hydrogens is 120 g/mol. The summed E-state index contributed by atoms with van der Waals surface area (Å²) in [6.07, 6.45) is 0. The van der Waals surface area contributed by atoms with Gasteiger partial charge < -0.3 is 5.11 Å². The van der Waals surface area contributed by atoms with E-state index >= 15 is 0 Å². The molecule has 0 radical (unpaired) electrons. The second-order valence-corrected chi connectivity index (χ2v) is 1.23. The number of carboxylic acids is 1. The fourth-order valence-corrected chi connectivity index (χ4v) is 0. The van der Waals surface area contributed by atoms with Crippen LogP contribution in [-0.2, 0) is 9.59 Å². The van der Waals surface area contributed by atoms with Crippen LogP contribution in [-0.4, -0.2) is 17.0 Å². The van der Waals surface area contributed by atoms with Gasteiger partial charge in [-0.1, -0.05) is 6.58 Å². The van der Waals surface area contributed by atoms with Crippen molar-refractivity contribution in [2.75, 3.05) is 0 Å². The molecule has 3 heteroatoms. The Labute approximate surface area is 53.3 Å². The molecule has 0 aliphatic carbocycles. The van der Waals surface area contributed by atoms with Crippen molar-refractivity contribution < 1.29 is 14.7 Å². The number of carboxylic acid groups (broad SMARTS) is 1. The first kappa shape index (κ1) is 10.6. The van der Waals surface area contributed by atoms with Crippen LogP contribution in [0.4, 0.5) is 0 Å². The molecule has 0 heterocycles. The van der Waals surface area contributed by atoms with Crippen LogP contribution >= 0.6 is 0 Å². The lowest BCUT2D eigenvalue weighted by atomic mass is 10.4. The SMILES string of the molecule is C=C(C)C(=O)O.C=C=O. The maximum absolute atomic E-state index is 9.60. The van der Waals surface area contributed by atoms with Crippen LogP contribution in [0.1, 0.15) is 6.92 Å². The van der Waals surface area contributed by atoms with Crippen molar-refractivity contribution in [2.45, 2.75) is 6.92 Å². The van der Waals surface area contributed by atoms with Gasteiger partial charge in [0.25, 0.3) is 0 Å². The van der Waals surface area contributed by atoms with Crippen LogP contribution in [0.2, 0.25) is 0 Å². The zero-order chi connectivity index (χ0) is 7.86. The maximum atomic E-state index is 9.60. The van der Waals surface area contributed by atoms with Crippen LogP contribution in [0.25, 0.3) is 0 Å². The molecule has 0 saturated heterocycles. The molecule has 0 aromatic heterocycles. The van der Waals surface area contributed by atoms with E-state index < -0.39 is 5.97 Å². The summed E-state index contributed by atoms with van der Waals surface area (Å²) in [5.74, 6) is 0.315. The Kier molecular flexibility index (Phi) is 7.85. The smallest absolute Gasteiger partial charge is 0.330 e. The van der Waals surface area contributed by atoms with Gasteiger partial charge in [0, 0.05) is 5.57 Å². The highest BCUT2D eigenvalue weighted by Crippen LogP contribution is 1.81. The predicted octanol–water partition coefficient (Wildman–Crippen LogP) is 0.651. The number of aliphatic carboxylic acids is 1. The van der Waals surface area contributed by atoms with Gasteiger partial charge in [-0.3, -0.25) is 0 Å². The summed E-state index contributed by atoms with van der Waals surface area (Å²) >= 11 is 0. The van der Waals surface area contributed by atoms with Crippen molar-refractivity contribution in [2.24, 2.45) is 0 Å². The first-order valence-electron chi connectivity index (χ1n) is 2.09. The minimum absolute atomic E-state index is 0.176. The minimum Gasteiger partial charge on any atom is -0.478 e. The van der Waals surface area contributed by atoms with Gasteiger partial charge >= 0.3 is 5.97 Å². The van der Waals surface area contributed by atoms with Gasteiger partial charge in [0.2, 0.25) is 0 Å². The summed E-state index contributed by atoms with van der Waals surface area (Å²) in [5, 5.41) is 7.89. The third kappa shape index (κ3) is 20.4. The molecule has 1 N–H and O–H groups in total. The highest BCUT2D eigenvalue weighted by Gasteiger charge is 1.90. The van der Waals surface area contributed by atoms with Gasteiger partial charge in [-0.25, -0.2) is 9.59 Å². The number of carbonyl (C=O) groups excluding carboxylic acids is 1. The Bertz CT molecular complexity index is 128. The molecule has 0 saturated carbocycles. The highest BCUT2D eigenvalue weighted by molar-refractivity contribution is 5.84. The Morgan fingerprint density at radius 1 is 1.67 bits per heavy atom. The van der Waals surface area contributed by atoms with Gasteiger partial charge in [-0.05, 0) is 13.5 Å². The topological polar surface area (TPSA) is 54.4 Å². The zero-order valence-corrected chi connectivity index (χ0v) is 5.18. The lowest BCUT2D eigenvalue weighted by molar-refractivity contribution is -0.132. The highest BCUT2D eigenvalue weighted by atomic mass is 16.4. The number of hydrogen-bond donors (Lipinski definition) is 1. The van der Waals surface area contributed by atoms with E-state index in [4.69, 9.17) is 9.90 Å².